The first kappa shape index (κ1) is 18.3. The van der Waals surface area contributed by atoms with Gasteiger partial charge in [0.25, 0.3) is 0 Å². The number of primary amides is 1. The lowest BCUT2D eigenvalue weighted by atomic mass is 10.4. The van der Waals surface area contributed by atoms with Gasteiger partial charge in [0.05, 0.1) is 46.2 Å². The van der Waals surface area contributed by atoms with E-state index in [-0.39, 0.29) is 12.3 Å². The predicted molar refractivity (Wildman–Crippen MR) is 72.0 cm³/mol. The summed E-state index contributed by atoms with van der Waals surface area (Å²) in [4.78, 5) is 10.4. The van der Waals surface area contributed by atoms with E-state index in [0.717, 1.165) is 19.4 Å². The summed E-state index contributed by atoms with van der Waals surface area (Å²) in [5.74, 6) is -0.351. The van der Waals surface area contributed by atoms with Crippen molar-refractivity contribution in [3.05, 3.63) is 0 Å². The fourth-order valence-electron chi connectivity index (χ4n) is 1.18. The van der Waals surface area contributed by atoms with Crippen molar-refractivity contribution in [2.45, 2.75) is 26.2 Å². The summed E-state index contributed by atoms with van der Waals surface area (Å²) in [6, 6.07) is 0. The van der Waals surface area contributed by atoms with E-state index in [4.69, 9.17) is 24.7 Å². The Morgan fingerprint density at radius 3 is 1.63 bits per heavy atom. The molecule has 0 atom stereocenters. The second kappa shape index (κ2) is 15.4. The molecule has 0 aromatic carbocycles. The molecule has 0 saturated carbocycles. The molecule has 0 aliphatic rings. The van der Waals surface area contributed by atoms with Crippen LogP contribution >= 0.6 is 0 Å². The van der Waals surface area contributed by atoms with Crippen LogP contribution in [0.25, 0.3) is 0 Å². The molecule has 0 aromatic rings. The summed E-state index contributed by atoms with van der Waals surface area (Å²) in [7, 11) is 0. The van der Waals surface area contributed by atoms with Gasteiger partial charge in [0.2, 0.25) is 5.91 Å². The second-order valence-corrected chi connectivity index (χ2v) is 4.02. The molecule has 0 fully saturated rings. The van der Waals surface area contributed by atoms with Crippen molar-refractivity contribution < 1.29 is 23.7 Å². The van der Waals surface area contributed by atoms with Crippen molar-refractivity contribution in [1.82, 2.24) is 0 Å². The van der Waals surface area contributed by atoms with Crippen molar-refractivity contribution in [2.24, 2.45) is 5.73 Å². The van der Waals surface area contributed by atoms with Crippen LogP contribution in [0.2, 0.25) is 0 Å². The quantitative estimate of drug-likeness (QED) is 0.446. The van der Waals surface area contributed by atoms with Crippen molar-refractivity contribution >= 4 is 5.91 Å². The zero-order chi connectivity index (χ0) is 14.2. The normalized spacial score (nSPS) is 10.8. The first-order chi connectivity index (χ1) is 9.27. The Kier molecular flexibility index (Phi) is 14.8. The van der Waals surface area contributed by atoms with Crippen LogP contribution < -0.4 is 5.73 Å². The first-order valence-electron chi connectivity index (χ1n) is 6.86. The maximum atomic E-state index is 10.4. The van der Waals surface area contributed by atoms with Crippen LogP contribution in [-0.4, -0.2) is 58.8 Å². The maximum absolute atomic E-state index is 10.4. The molecule has 0 spiro atoms. The second-order valence-electron chi connectivity index (χ2n) is 4.02. The fraction of sp³-hybridized carbons (Fsp3) is 0.923. The Morgan fingerprint density at radius 2 is 1.21 bits per heavy atom. The standard InChI is InChI=1S/C13H27NO5/c1-2-3-5-16-7-9-18-11-12-19-10-8-17-6-4-13(14)15/h2-12H2,1H3,(H2,14,15). The van der Waals surface area contributed by atoms with E-state index in [1.54, 1.807) is 0 Å². The molecular formula is C13H27NO5. The van der Waals surface area contributed by atoms with E-state index in [1.807, 2.05) is 0 Å². The lowest BCUT2D eigenvalue weighted by Crippen LogP contribution is -2.15. The molecule has 0 radical (unpaired) electrons. The average molecular weight is 277 g/mol. The highest BCUT2D eigenvalue weighted by Gasteiger charge is 1.95. The SMILES string of the molecule is CCCCOCCOCCOCCOCCC(N)=O. The van der Waals surface area contributed by atoms with Gasteiger partial charge in [-0.2, -0.15) is 0 Å². The number of carbonyl (C=O) groups excluding carboxylic acids is 1. The third kappa shape index (κ3) is 17.3. The van der Waals surface area contributed by atoms with Crippen LogP contribution in [-0.2, 0) is 23.7 Å². The Labute approximate surface area is 115 Å². The Hall–Kier alpha value is -0.690. The number of rotatable bonds is 15. The van der Waals surface area contributed by atoms with Gasteiger partial charge in [0, 0.05) is 13.0 Å². The zero-order valence-electron chi connectivity index (χ0n) is 11.9. The highest BCUT2D eigenvalue weighted by atomic mass is 16.6. The third-order valence-electron chi connectivity index (χ3n) is 2.25. The topological polar surface area (TPSA) is 80.0 Å². The molecule has 0 saturated heterocycles. The van der Waals surface area contributed by atoms with Crippen LogP contribution in [0, 0.1) is 0 Å². The Balaban J connectivity index is 2.93. The summed E-state index contributed by atoms with van der Waals surface area (Å²) in [5.41, 5.74) is 4.96. The third-order valence-corrected chi connectivity index (χ3v) is 2.25. The molecule has 0 aliphatic heterocycles. The van der Waals surface area contributed by atoms with Gasteiger partial charge in [-0.15, -0.1) is 0 Å². The number of hydrogen-bond acceptors (Lipinski definition) is 5. The van der Waals surface area contributed by atoms with Gasteiger partial charge in [-0.3, -0.25) is 4.79 Å². The smallest absolute Gasteiger partial charge is 0.219 e. The number of ether oxygens (including phenoxy) is 4. The van der Waals surface area contributed by atoms with Gasteiger partial charge >= 0.3 is 0 Å². The van der Waals surface area contributed by atoms with Crippen molar-refractivity contribution in [3.63, 3.8) is 0 Å². The fourth-order valence-corrected chi connectivity index (χ4v) is 1.18. The predicted octanol–water partition coefficient (Wildman–Crippen LogP) is 0.728. The maximum Gasteiger partial charge on any atom is 0.219 e. The molecule has 6 nitrogen and oxygen atoms in total. The molecule has 6 heteroatoms. The van der Waals surface area contributed by atoms with Gasteiger partial charge in [-0.05, 0) is 6.42 Å². The number of hydrogen-bond donors (Lipinski definition) is 1. The molecule has 1 amide bonds. The van der Waals surface area contributed by atoms with E-state index in [2.05, 4.69) is 6.92 Å². The van der Waals surface area contributed by atoms with E-state index >= 15 is 0 Å². The molecule has 0 aliphatic carbocycles. The zero-order valence-corrected chi connectivity index (χ0v) is 11.9. The summed E-state index contributed by atoms with van der Waals surface area (Å²) in [6.07, 6.45) is 2.50. The van der Waals surface area contributed by atoms with E-state index in [1.165, 1.54) is 0 Å². The first-order valence-corrected chi connectivity index (χ1v) is 6.86. The molecule has 0 unspecified atom stereocenters. The van der Waals surface area contributed by atoms with Crippen LogP contribution in [0.4, 0.5) is 0 Å². The van der Waals surface area contributed by atoms with Crippen LogP contribution in [0.3, 0.4) is 0 Å². The van der Waals surface area contributed by atoms with E-state index < -0.39 is 0 Å². The van der Waals surface area contributed by atoms with Crippen molar-refractivity contribution in [3.8, 4) is 0 Å². The number of carbonyl (C=O) groups is 1. The van der Waals surface area contributed by atoms with Crippen molar-refractivity contribution in [1.29, 1.82) is 0 Å². The van der Waals surface area contributed by atoms with Gasteiger partial charge in [-0.25, -0.2) is 0 Å². The lowest BCUT2D eigenvalue weighted by Gasteiger charge is -2.07. The Morgan fingerprint density at radius 1 is 0.789 bits per heavy atom. The average Bonchev–Trinajstić information content (AvgIpc) is 2.39. The molecule has 0 bridgehead atoms. The lowest BCUT2D eigenvalue weighted by molar-refractivity contribution is -0.119. The van der Waals surface area contributed by atoms with Gasteiger partial charge in [0.1, 0.15) is 0 Å². The summed E-state index contributed by atoms with van der Waals surface area (Å²) >= 11 is 0. The highest BCUT2D eigenvalue weighted by molar-refractivity contribution is 5.73. The molecule has 19 heavy (non-hydrogen) atoms. The van der Waals surface area contributed by atoms with Gasteiger partial charge < -0.3 is 24.7 Å². The van der Waals surface area contributed by atoms with Gasteiger partial charge in [-0.1, -0.05) is 13.3 Å². The van der Waals surface area contributed by atoms with Crippen LogP contribution in [0.1, 0.15) is 26.2 Å². The molecule has 0 aromatic heterocycles. The molecule has 114 valence electrons. The largest absolute Gasteiger partial charge is 0.379 e. The monoisotopic (exact) mass is 277 g/mol. The number of amides is 1. The molecule has 0 heterocycles. The van der Waals surface area contributed by atoms with Crippen LogP contribution in [0.5, 0.6) is 0 Å². The minimum absolute atomic E-state index is 0.251. The summed E-state index contributed by atoms with van der Waals surface area (Å²) < 4.78 is 21.1. The minimum atomic E-state index is -0.351. The van der Waals surface area contributed by atoms with E-state index in [9.17, 15) is 4.79 Å². The molecular weight excluding hydrogens is 250 g/mol. The summed E-state index contributed by atoms with van der Waals surface area (Å²) in [6.45, 7) is 6.58. The van der Waals surface area contributed by atoms with Gasteiger partial charge in [0.15, 0.2) is 0 Å². The minimum Gasteiger partial charge on any atom is -0.379 e. The van der Waals surface area contributed by atoms with Crippen LogP contribution in [0.15, 0.2) is 0 Å². The Bertz CT molecular complexity index is 201. The summed E-state index contributed by atoms with van der Waals surface area (Å²) in [5, 5.41) is 0. The number of unbranched alkanes of at least 4 members (excludes halogenated alkanes) is 1. The molecule has 0 rings (SSSR count). The molecule has 2 N–H and O–H groups in total. The highest BCUT2D eigenvalue weighted by Crippen LogP contribution is 1.88. The van der Waals surface area contributed by atoms with Crippen molar-refractivity contribution in [2.75, 3.05) is 52.9 Å². The van der Waals surface area contributed by atoms with E-state index in [0.29, 0.717) is 46.2 Å². The number of nitrogens with two attached hydrogens (primary N) is 1.